The second kappa shape index (κ2) is 6.46. The van der Waals surface area contributed by atoms with E-state index in [1.54, 1.807) is 18.2 Å². The highest BCUT2D eigenvalue weighted by molar-refractivity contribution is 6.32. The molecule has 3 heterocycles. The number of imidazole rings is 1. The summed E-state index contributed by atoms with van der Waals surface area (Å²) in [6.45, 7) is 3.79. The van der Waals surface area contributed by atoms with E-state index < -0.39 is 17.1 Å². The van der Waals surface area contributed by atoms with Gasteiger partial charge in [0.1, 0.15) is 22.9 Å². The SMILES string of the molecule is CC1(C)O/C(=C2/C(=O)Nc3cc(F)ccc32)C=C1c1ccc(-c2[nH]c(=O)[nH]c2O)cc1. The van der Waals surface area contributed by atoms with E-state index in [1.165, 1.54) is 12.1 Å². The van der Waals surface area contributed by atoms with Crippen LogP contribution in [0, 0.1) is 5.82 Å². The highest BCUT2D eigenvalue weighted by Gasteiger charge is 2.38. The Labute approximate surface area is 175 Å². The predicted molar refractivity (Wildman–Crippen MR) is 114 cm³/mol. The fourth-order valence-corrected chi connectivity index (χ4v) is 4.01. The molecule has 0 spiro atoms. The summed E-state index contributed by atoms with van der Waals surface area (Å²) in [5.74, 6) is -0.578. The lowest BCUT2D eigenvalue weighted by Gasteiger charge is -2.23. The number of aromatic nitrogens is 2. The summed E-state index contributed by atoms with van der Waals surface area (Å²) in [5.41, 5.74) is 2.84. The van der Waals surface area contributed by atoms with Crippen LogP contribution in [-0.2, 0) is 9.53 Å². The Kier molecular flexibility index (Phi) is 3.95. The summed E-state index contributed by atoms with van der Waals surface area (Å²) in [5, 5.41) is 12.5. The fraction of sp³-hybridized carbons (Fsp3) is 0.130. The molecule has 1 amide bonds. The standard InChI is InChI=1S/C23H18FN3O4/c1-23(2)15(11-3-5-12(6-4-11)19-21(29)27-22(30)26-19)10-17(31-23)18-14-8-7-13(24)9-16(14)25-20(18)28/h3-10,29H,1-2H3,(H,25,28)(H2,26,27,30)/b18-17+. The molecule has 0 saturated heterocycles. The normalized spacial score (nSPS) is 19.1. The van der Waals surface area contributed by atoms with Crippen molar-refractivity contribution in [3.63, 3.8) is 0 Å². The zero-order valence-electron chi connectivity index (χ0n) is 16.7. The Morgan fingerprint density at radius 2 is 1.71 bits per heavy atom. The summed E-state index contributed by atoms with van der Waals surface area (Å²) in [6, 6.07) is 11.4. The van der Waals surface area contributed by atoms with Crippen LogP contribution in [0.25, 0.3) is 22.4 Å². The highest BCUT2D eigenvalue weighted by Crippen LogP contribution is 2.44. The molecule has 2 aliphatic rings. The highest BCUT2D eigenvalue weighted by atomic mass is 19.1. The number of halogens is 1. The van der Waals surface area contributed by atoms with Crippen LogP contribution in [0.2, 0.25) is 0 Å². The van der Waals surface area contributed by atoms with Gasteiger partial charge in [0.15, 0.2) is 0 Å². The number of fused-ring (bicyclic) bond motifs is 1. The molecule has 156 valence electrons. The molecule has 8 heteroatoms. The molecule has 31 heavy (non-hydrogen) atoms. The number of aromatic hydroxyl groups is 1. The van der Waals surface area contributed by atoms with Gasteiger partial charge in [-0.25, -0.2) is 9.18 Å². The third-order valence-electron chi connectivity index (χ3n) is 5.45. The molecule has 0 unspecified atom stereocenters. The summed E-state index contributed by atoms with van der Waals surface area (Å²) < 4.78 is 19.7. The Bertz CT molecular complexity index is 1360. The minimum Gasteiger partial charge on any atom is -0.493 e. The fourth-order valence-electron chi connectivity index (χ4n) is 4.01. The van der Waals surface area contributed by atoms with Gasteiger partial charge in [0.2, 0.25) is 5.88 Å². The van der Waals surface area contributed by atoms with Gasteiger partial charge in [-0.3, -0.25) is 9.78 Å². The summed E-state index contributed by atoms with van der Waals surface area (Å²) >= 11 is 0. The van der Waals surface area contributed by atoms with E-state index in [2.05, 4.69) is 15.3 Å². The van der Waals surface area contributed by atoms with E-state index >= 15 is 0 Å². The lowest BCUT2D eigenvalue weighted by atomic mass is 9.91. The second-order valence-corrected chi connectivity index (χ2v) is 7.93. The summed E-state index contributed by atoms with van der Waals surface area (Å²) in [6.07, 6.45) is 1.82. The molecule has 0 atom stereocenters. The van der Waals surface area contributed by atoms with Crippen LogP contribution in [0.1, 0.15) is 25.0 Å². The molecule has 0 fully saturated rings. The number of anilines is 1. The van der Waals surface area contributed by atoms with E-state index in [-0.39, 0.29) is 11.8 Å². The van der Waals surface area contributed by atoms with Gasteiger partial charge in [-0.2, -0.15) is 0 Å². The summed E-state index contributed by atoms with van der Waals surface area (Å²) in [4.78, 5) is 28.8. The average molecular weight is 419 g/mol. The molecule has 0 aliphatic carbocycles. The number of nitrogens with one attached hydrogen (secondary N) is 3. The molecule has 3 aromatic rings. The van der Waals surface area contributed by atoms with Crippen molar-refractivity contribution in [1.82, 2.24) is 9.97 Å². The van der Waals surface area contributed by atoms with Gasteiger partial charge in [0.05, 0.1) is 11.3 Å². The maximum Gasteiger partial charge on any atom is 0.326 e. The van der Waals surface area contributed by atoms with Crippen LogP contribution in [0.5, 0.6) is 5.88 Å². The lowest BCUT2D eigenvalue weighted by Crippen LogP contribution is -2.21. The number of allylic oxidation sites excluding steroid dienone is 1. The van der Waals surface area contributed by atoms with E-state index in [4.69, 9.17) is 4.74 Å². The Morgan fingerprint density at radius 3 is 2.39 bits per heavy atom. The molecule has 4 N–H and O–H groups in total. The Hall–Kier alpha value is -4.07. The van der Waals surface area contributed by atoms with Gasteiger partial charge >= 0.3 is 5.69 Å². The predicted octanol–water partition coefficient (Wildman–Crippen LogP) is 3.77. The first-order chi connectivity index (χ1) is 14.7. The van der Waals surface area contributed by atoms with Gasteiger partial charge in [0.25, 0.3) is 5.91 Å². The molecular formula is C23H18FN3O4. The van der Waals surface area contributed by atoms with Gasteiger partial charge in [-0.15, -0.1) is 0 Å². The molecule has 2 aliphatic heterocycles. The molecule has 0 bridgehead atoms. The van der Waals surface area contributed by atoms with Gasteiger partial charge in [-0.05, 0) is 43.7 Å². The molecule has 7 nitrogen and oxygen atoms in total. The topological polar surface area (TPSA) is 107 Å². The number of ether oxygens (including phenoxy) is 1. The first-order valence-electron chi connectivity index (χ1n) is 9.62. The maximum absolute atomic E-state index is 13.5. The van der Waals surface area contributed by atoms with E-state index in [1.807, 2.05) is 32.1 Å². The van der Waals surface area contributed by atoms with Gasteiger partial charge in [-0.1, -0.05) is 24.3 Å². The minimum atomic E-state index is -0.711. The Morgan fingerprint density at radius 1 is 1.00 bits per heavy atom. The number of carbonyl (C=O) groups is 1. The van der Waals surface area contributed by atoms with Crippen LogP contribution >= 0.6 is 0 Å². The number of amides is 1. The monoisotopic (exact) mass is 419 g/mol. The third-order valence-corrected chi connectivity index (χ3v) is 5.45. The second-order valence-electron chi connectivity index (χ2n) is 7.93. The quantitative estimate of drug-likeness (QED) is 0.474. The van der Waals surface area contributed by atoms with Gasteiger partial charge < -0.3 is 20.1 Å². The first-order valence-corrected chi connectivity index (χ1v) is 9.62. The number of H-pyrrole nitrogens is 2. The molecule has 0 radical (unpaired) electrons. The van der Waals surface area contributed by atoms with Crippen molar-refractivity contribution in [2.24, 2.45) is 0 Å². The van der Waals surface area contributed by atoms with E-state index in [9.17, 15) is 19.1 Å². The van der Waals surface area contributed by atoms with Crippen molar-refractivity contribution in [1.29, 1.82) is 0 Å². The zero-order chi connectivity index (χ0) is 21.9. The number of rotatable bonds is 2. The van der Waals surface area contributed by atoms with Crippen molar-refractivity contribution in [2.45, 2.75) is 19.4 Å². The average Bonchev–Trinajstić information content (AvgIpc) is 3.32. The molecule has 0 saturated carbocycles. The third kappa shape index (κ3) is 3.04. The Balaban J connectivity index is 1.57. The van der Waals surface area contributed by atoms with Crippen LogP contribution in [0.15, 0.2) is 59.1 Å². The number of aromatic amines is 2. The van der Waals surface area contributed by atoms with E-state index in [0.29, 0.717) is 33.8 Å². The van der Waals surface area contributed by atoms with Crippen molar-refractivity contribution in [3.05, 3.63) is 81.7 Å². The van der Waals surface area contributed by atoms with Crippen molar-refractivity contribution in [2.75, 3.05) is 5.32 Å². The van der Waals surface area contributed by atoms with Crippen LogP contribution in [-0.4, -0.2) is 26.6 Å². The number of carbonyl (C=O) groups excluding carboxylic acids is 1. The smallest absolute Gasteiger partial charge is 0.326 e. The van der Waals surface area contributed by atoms with Crippen LogP contribution in [0.3, 0.4) is 0 Å². The minimum absolute atomic E-state index is 0.226. The summed E-state index contributed by atoms with van der Waals surface area (Å²) in [7, 11) is 0. The van der Waals surface area contributed by atoms with Crippen molar-refractivity contribution >= 4 is 22.7 Å². The lowest BCUT2D eigenvalue weighted by molar-refractivity contribution is -0.111. The van der Waals surface area contributed by atoms with Crippen LogP contribution < -0.4 is 11.0 Å². The number of hydrogen-bond donors (Lipinski definition) is 4. The number of benzene rings is 2. The molecule has 5 rings (SSSR count). The van der Waals surface area contributed by atoms with Crippen molar-refractivity contribution < 1.29 is 19.0 Å². The largest absolute Gasteiger partial charge is 0.493 e. The van der Waals surface area contributed by atoms with Crippen LogP contribution in [0.4, 0.5) is 10.1 Å². The van der Waals surface area contributed by atoms with E-state index in [0.717, 1.165) is 11.1 Å². The van der Waals surface area contributed by atoms with Crippen molar-refractivity contribution in [3.8, 4) is 17.1 Å². The molecule has 2 aromatic carbocycles. The van der Waals surface area contributed by atoms with Gasteiger partial charge in [0, 0.05) is 16.7 Å². The molecular weight excluding hydrogens is 401 g/mol. The molecule has 1 aromatic heterocycles. The first kappa shape index (κ1) is 18.9. The maximum atomic E-state index is 13.5. The number of hydrogen-bond acceptors (Lipinski definition) is 4. The zero-order valence-corrected chi connectivity index (χ0v) is 16.7.